The smallest absolute Gasteiger partial charge is 0.269 e. The van der Waals surface area contributed by atoms with E-state index >= 15 is 0 Å². The first-order chi connectivity index (χ1) is 13.5. The van der Waals surface area contributed by atoms with E-state index in [1.807, 2.05) is 44.2 Å². The largest absolute Gasteiger partial charge is 0.288 e. The zero-order valence-corrected chi connectivity index (χ0v) is 15.5. The molecule has 0 saturated heterocycles. The second-order valence-electron chi connectivity index (χ2n) is 6.71. The van der Waals surface area contributed by atoms with Gasteiger partial charge in [-0.25, -0.2) is 4.68 Å². The van der Waals surface area contributed by atoms with Gasteiger partial charge in [0.1, 0.15) is 5.65 Å². The summed E-state index contributed by atoms with van der Waals surface area (Å²) < 4.78 is 3.45. The van der Waals surface area contributed by atoms with Crippen LogP contribution in [0.3, 0.4) is 0 Å². The average molecular weight is 374 g/mol. The van der Waals surface area contributed by atoms with Gasteiger partial charge in [0.15, 0.2) is 0 Å². The Morgan fingerprint density at radius 1 is 1.04 bits per heavy atom. The molecule has 0 spiro atoms. The quantitative estimate of drug-likeness (QED) is 0.402. The minimum atomic E-state index is -0.437. The number of nitro groups is 1. The van der Waals surface area contributed by atoms with Gasteiger partial charge in [0.25, 0.3) is 11.2 Å². The highest BCUT2D eigenvalue weighted by atomic mass is 16.6. The van der Waals surface area contributed by atoms with Crippen molar-refractivity contribution in [3.05, 3.63) is 98.0 Å². The van der Waals surface area contributed by atoms with Crippen molar-refractivity contribution in [1.82, 2.24) is 14.3 Å². The van der Waals surface area contributed by atoms with E-state index in [1.165, 1.54) is 12.1 Å². The van der Waals surface area contributed by atoms with Gasteiger partial charge >= 0.3 is 0 Å². The standard InChI is InChI=1S/C21H18N4O3/c1-14-12-19(26)23(13-16-8-10-18(11-9-16)25(27)28)21-20(14)15(2)22-24(21)17-6-4-3-5-7-17/h3-12H,13H2,1-2H3. The molecule has 140 valence electrons. The molecule has 4 aromatic rings. The van der Waals surface area contributed by atoms with Gasteiger partial charge in [-0.15, -0.1) is 0 Å². The summed E-state index contributed by atoms with van der Waals surface area (Å²) in [5, 5.41) is 16.5. The number of non-ortho nitro benzene ring substituents is 1. The van der Waals surface area contributed by atoms with Crippen LogP contribution in [0.4, 0.5) is 5.69 Å². The summed E-state index contributed by atoms with van der Waals surface area (Å²) in [4.78, 5) is 23.3. The second kappa shape index (κ2) is 6.77. The molecule has 7 heteroatoms. The summed E-state index contributed by atoms with van der Waals surface area (Å²) in [7, 11) is 0. The SMILES string of the molecule is Cc1cc(=O)n(Cc2ccc([N+](=O)[O-])cc2)c2c1c(C)nn2-c1ccccc1. The molecule has 28 heavy (non-hydrogen) atoms. The zero-order chi connectivity index (χ0) is 19.8. The predicted molar refractivity (Wildman–Crippen MR) is 107 cm³/mol. The molecule has 0 radical (unpaired) electrons. The molecule has 0 fully saturated rings. The molecule has 0 unspecified atom stereocenters. The summed E-state index contributed by atoms with van der Waals surface area (Å²) in [6.07, 6.45) is 0. The molecule has 0 bridgehead atoms. The van der Waals surface area contributed by atoms with E-state index < -0.39 is 4.92 Å². The van der Waals surface area contributed by atoms with Crippen LogP contribution < -0.4 is 5.56 Å². The molecule has 0 N–H and O–H groups in total. The number of hydrogen-bond acceptors (Lipinski definition) is 4. The van der Waals surface area contributed by atoms with E-state index in [2.05, 4.69) is 5.10 Å². The van der Waals surface area contributed by atoms with Gasteiger partial charge in [0, 0.05) is 23.6 Å². The molecular formula is C21H18N4O3. The van der Waals surface area contributed by atoms with Crippen molar-refractivity contribution in [2.75, 3.05) is 0 Å². The third kappa shape index (κ3) is 2.96. The van der Waals surface area contributed by atoms with Gasteiger partial charge in [-0.1, -0.05) is 30.3 Å². The van der Waals surface area contributed by atoms with Crippen LogP contribution in [-0.4, -0.2) is 19.3 Å². The molecule has 0 aliphatic carbocycles. The van der Waals surface area contributed by atoms with Crippen molar-refractivity contribution in [2.45, 2.75) is 20.4 Å². The molecule has 7 nitrogen and oxygen atoms in total. The lowest BCUT2D eigenvalue weighted by Crippen LogP contribution is -2.22. The fourth-order valence-corrected chi connectivity index (χ4v) is 3.47. The number of fused-ring (bicyclic) bond motifs is 1. The van der Waals surface area contributed by atoms with Crippen molar-refractivity contribution < 1.29 is 4.92 Å². The van der Waals surface area contributed by atoms with Crippen LogP contribution >= 0.6 is 0 Å². The molecular weight excluding hydrogens is 356 g/mol. The Labute approximate surface area is 160 Å². The van der Waals surface area contributed by atoms with Gasteiger partial charge in [-0.05, 0) is 37.1 Å². The number of para-hydroxylation sites is 1. The molecule has 0 aliphatic rings. The molecule has 0 aliphatic heterocycles. The van der Waals surface area contributed by atoms with Crippen molar-refractivity contribution in [1.29, 1.82) is 0 Å². The molecule has 0 amide bonds. The van der Waals surface area contributed by atoms with Crippen LogP contribution in [0.2, 0.25) is 0 Å². The molecule has 4 rings (SSSR count). The van der Waals surface area contributed by atoms with Crippen LogP contribution in [-0.2, 0) is 6.54 Å². The van der Waals surface area contributed by atoms with E-state index in [4.69, 9.17) is 0 Å². The Bertz CT molecular complexity index is 1240. The maximum Gasteiger partial charge on any atom is 0.269 e. The normalized spacial score (nSPS) is 11.1. The molecule has 2 aromatic heterocycles. The first-order valence-electron chi connectivity index (χ1n) is 8.84. The molecule has 2 heterocycles. The number of aryl methyl sites for hydroxylation is 2. The summed E-state index contributed by atoms with van der Waals surface area (Å²) >= 11 is 0. The number of aromatic nitrogens is 3. The summed E-state index contributed by atoms with van der Waals surface area (Å²) in [6, 6.07) is 17.5. The Morgan fingerprint density at radius 2 is 1.71 bits per heavy atom. The van der Waals surface area contributed by atoms with E-state index in [1.54, 1.807) is 27.4 Å². The lowest BCUT2D eigenvalue weighted by Gasteiger charge is -2.12. The minimum Gasteiger partial charge on any atom is -0.288 e. The van der Waals surface area contributed by atoms with Crippen LogP contribution in [0.25, 0.3) is 16.7 Å². The van der Waals surface area contributed by atoms with Crippen molar-refractivity contribution >= 4 is 16.7 Å². The van der Waals surface area contributed by atoms with Gasteiger partial charge < -0.3 is 0 Å². The molecule has 0 atom stereocenters. The predicted octanol–water partition coefficient (Wildman–Crippen LogP) is 3.76. The number of nitrogens with zero attached hydrogens (tertiary/aromatic N) is 4. The number of nitro benzene ring substituents is 1. The second-order valence-corrected chi connectivity index (χ2v) is 6.71. The third-order valence-corrected chi connectivity index (χ3v) is 4.78. The number of pyridine rings is 1. The summed E-state index contributed by atoms with van der Waals surface area (Å²) in [5.41, 5.74) is 3.98. The maximum absolute atomic E-state index is 12.8. The van der Waals surface area contributed by atoms with Gasteiger partial charge in [0.05, 0.1) is 22.8 Å². The lowest BCUT2D eigenvalue weighted by molar-refractivity contribution is -0.384. The highest BCUT2D eigenvalue weighted by molar-refractivity contribution is 5.83. The number of benzene rings is 2. The van der Waals surface area contributed by atoms with E-state index in [0.717, 1.165) is 27.9 Å². The highest BCUT2D eigenvalue weighted by Crippen LogP contribution is 2.24. The minimum absolute atomic E-state index is 0.0234. The Kier molecular flexibility index (Phi) is 4.27. The first kappa shape index (κ1) is 17.7. The Balaban J connectivity index is 1.92. The number of hydrogen-bond donors (Lipinski definition) is 0. The maximum atomic E-state index is 12.8. The van der Waals surface area contributed by atoms with Gasteiger partial charge in [-0.3, -0.25) is 19.5 Å². The monoisotopic (exact) mass is 374 g/mol. The Morgan fingerprint density at radius 3 is 2.36 bits per heavy atom. The van der Waals surface area contributed by atoms with E-state index in [0.29, 0.717) is 12.2 Å². The van der Waals surface area contributed by atoms with Crippen molar-refractivity contribution in [3.8, 4) is 5.69 Å². The topological polar surface area (TPSA) is 83.0 Å². The van der Waals surface area contributed by atoms with Crippen molar-refractivity contribution in [2.24, 2.45) is 0 Å². The van der Waals surface area contributed by atoms with Crippen molar-refractivity contribution in [3.63, 3.8) is 0 Å². The molecule has 2 aromatic carbocycles. The van der Waals surface area contributed by atoms with Gasteiger partial charge in [0.2, 0.25) is 0 Å². The van der Waals surface area contributed by atoms with Crippen LogP contribution in [0, 0.1) is 24.0 Å². The summed E-state index contributed by atoms with van der Waals surface area (Å²) in [6.45, 7) is 4.13. The number of rotatable bonds is 4. The lowest BCUT2D eigenvalue weighted by atomic mass is 10.1. The van der Waals surface area contributed by atoms with E-state index in [-0.39, 0.29) is 11.2 Å². The first-order valence-corrected chi connectivity index (χ1v) is 8.84. The van der Waals surface area contributed by atoms with Crippen LogP contribution in [0.1, 0.15) is 16.8 Å². The molecule has 0 saturated carbocycles. The van der Waals surface area contributed by atoms with Crippen LogP contribution in [0.5, 0.6) is 0 Å². The average Bonchev–Trinajstić information content (AvgIpc) is 3.04. The fourth-order valence-electron chi connectivity index (χ4n) is 3.47. The van der Waals surface area contributed by atoms with Gasteiger partial charge in [-0.2, -0.15) is 5.10 Å². The zero-order valence-electron chi connectivity index (χ0n) is 15.5. The van der Waals surface area contributed by atoms with E-state index in [9.17, 15) is 14.9 Å². The third-order valence-electron chi connectivity index (χ3n) is 4.78. The van der Waals surface area contributed by atoms with Crippen LogP contribution in [0.15, 0.2) is 65.5 Å². The Hall–Kier alpha value is -3.74. The summed E-state index contributed by atoms with van der Waals surface area (Å²) in [5.74, 6) is 0. The fraction of sp³-hybridized carbons (Fsp3) is 0.143. The highest BCUT2D eigenvalue weighted by Gasteiger charge is 2.17.